The number of hydrogen-bond donors (Lipinski definition) is 1. The molecule has 228 valence electrons. The summed E-state index contributed by atoms with van der Waals surface area (Å²) in [6.45, 7) is 10.3. The van der Waals surface area contributed by atoms with E-state index in [1.807, 2.05) is 0 Å². The van der Waals surface area contributed by atoms with Gasteiger partial charge in [0.15, 0.2) is 0 Å². The van der Waals surface area contributed by atoms with Crippen LogP contribution in [0.25, 0.3) is 0 Å². The molecule has 0 saturated carbocycles. The molecule has 0 atom stereocenters. The van der Waals surface area contributed by atoms with Crippen LogP contribution in [0.15, 0.2) is 0 Å². The predicted octanol–water partition coefficient (Wildman–Crippen LogP) is 7.03. The lowest BCUT2D eigenvalue weighted by Gasteiger charge is -2.11. The average molecular weight is 563 g/mol. The van der Waals surface area contributed by atoms with Crippen molar-refractivity contribution in [3.05, 3.63) is 0 Å². The van der Waals surface area contributed by atoms with Crippen LogP contribution in [0.2, 0.25) is 0 Å². The highest BCUT2D eigenvalue weighted by Gasteiger charge is 2.27. The number of hydrogen-bond acceptors (Lipinski definition) is 6. The minimum Gasteiger partial charge on any atom is -0.726 e. The Labute approximate surface area is 236 Å². The molecule has 1 N–H and O–H groups in total. The molecule has 0 spiro atoms. The predicted molar refractivity (Wildman–Crippen MR) is 159 cm³/mol. The molecule has 8 heteroatoms. The lowest BCUT2D eigenvalue weighted by atomic mass is 10.0. The van der Waals surface area contributed by atoms with E-state index in [1.54, 1.807) is 0 Å². The van der Waals surface area contributed by atoms with Crippen LogP contribution < -0.4 is 0 Å². The van der Waals surface area contributed by atoms with Gasteiger partial charge in [-0.2, -0.15) is 0 Å². The molecule has 0 saturated heterocycles. The number of aliphatic hydroxyl groups excluding tert-OH is 1. The van der Waals surface area contributed by atoms with Crippen molar-refractivity contribution >= 4 is 16.2 Å². The molecule has 0 amide bonds. The maximum atomic E-state index is 9.45. The highest BCUT2D eigenvalue weighted by Crippen LogP contribution is 2.15. The maximum absolute atomic E-state index is 9.45. The number of aliphatic hydroxyl groups is 1. The van der Waals surface area contributed by atoms with Crippen molar-refractivity contribution in [2.45, 2.75) is 149 Å². The summed E-state index contributed by atoms with van der Waals surface area (Å²) in [5, 5.41) is 9.26. The van der Waals surface area contributed by atoms with E-state index >= 15 is 0 Å². The van der Waals surface area contributed by atoms with E-state index in [1.165, 1.54) is 141 Å². The lowest BCUT2D eigenvalue weighted by molar-refractivity contribution is -0.521. The van der Waals surface area contributed by atoms with Gasteiger partial charge in [0.05, 0.1) is 19.8 Å². The molecule has 0 aromatic rings. The van der Waals surface area contributed by atoms with Crippen molar-refractivity contribution in [3.63, 3.8) is 0 Å². The van der Waals surface area contributed by atoms with Gasteiger partial charge in [-0.15, -0.1) is 0 Å². The van der Waals surface area contributed by atoms with E-state index in [-0.39, 0.29) is 13.2 Å². The molecular weight excluding hydrogens is 500 g/mol. The second-order valence-corrected chi connectivity index (χ2v) is 11.7. The van der Waals surface area contributed by atoms with E-state index < -0.39 is 10.4 Å². The zero-order valence-corrected chi connectivity index (χ0v) is 26.1. The SMILES string of the molecule is CCCCCCCCCCCCCCCCCCCCCC1=[N+](CCO)CCN1CC.CCOS(=O)(=O)[O-]. The molecule has 0 aromatic heterocycles. The van der Waals surface area contributed by atoms with E-state index in [9.17, 15) is 18.1 Å². The summed E-state index contributed by atoms with van der Waals surface area (Å²) in [6.07, 6.45) is 28.5. The van der Waals surface area contributed by atoms with E-state index in [0.29, 0.717) is 0 Å². The quantitative estimate of drug-likeness (QED) is 0.0556. The Kier molecular flexibility index (Phi) is 26.0. The third-order valence-electron chi connectivity index (χ3n) is 7.39. The molecule has 0 radical (unpaired) electrons. The summed E-state index contributed by atoms with van der Waals surface area (Å²) < 4.78 is 34.4. The smallest absolute Gasteiger partial charge is 0.247 e. The Morgan fingerprint density at radius 3 is 1.50 bits per heavy atom. The van der Waals surface area contributed by atoms with Crippen molar-refractivity contribution in [2.24, 2.45) is 0 Å². The normalized spacial score (nSPS) is 13.8. The standard InChI is InChI=1S/C28H57N2O.C2H6O4S/c1-3-5-6-7-8-9-10-11-12-13-14-15-16-17-18-19-20-21-22-23-28-29(4-2)24-25-30(28)26-27-31;1-2-6-7(3,4)5/h31H,3-27H2,1-2H3;2H2,1H3,(H,3,4,5)/q+1;/p-1. The van der Waals surface area contributed by atoms with Gasteiger partial charge in [-0.05, 0) is 20.3 Å². The Morgan fingerprint density at radius 1 is 0.763 bits per heavy atom. The minimum atomic E-state index is -4.42. The molecule has 0 fully saturated rings. The molecule has 1 heterocycles. The topological polar surface area (TPSA) is 92.9 Å². The van der Waals surface area contributed by atoms with Gasteiger partial charge >= 0.3 is 0 Å². The van der Waals surface area contributed by atoms with Crippen molar-refractivity contribution < 1.29 is 26.8 Å². The number of β-amino-alcohol motifs (C(OH)–C–C–N with tert-alkyl or cyclic N) is 1. The number of rotatable bonds is 25. The molecule has 7 nitrogen and oxygen atoms in total. The first-order valence-electron chi connectivity index (χ1n) is 16.0. The first kappa shape index (κ1) is 37.3. The molecule has 0 bridgehead atoms. The number of nitrogens with zero attached hydrogens (tertiary/aromatic N) is 2. The van der Waals surface area contributed by atoms with E-state index in [2.05, 4.69) is 27.5 Å². The third-order valence-corrected chi connectivity index (χ3v) is 7.91. The van der Waals surface area contributed by atoms with Gasteiger partial charge in [-0.25, -0.2) is 8.42 Å². The first-order valence-corrected chi connectivity index (χ1v) is 17.3. The fourth-order valence-electron chi connectivity index (χ4n) is 5.22. The number of unbranched alkanes of at least 4 members (excludes halogenated alkanes) is 18. The lowest BCUT2D eigenvalue weighted by Crippen LogP contribution is -2.30. The van der Waals surface area contributed by atoms with Crippen molar-refractivity contribution in [1.82, 2.24) is 4.90 Å². The summed E-state index contributed by atoms with van der Waals surface area (Å²) in [5.41, 5.74) is 0. The van der Waals surface area contributed by atoms with Crippen LogP contribution in [-0.2, 0) is 14.6 Å². The van der Waals surface area contributed by atoms with Crippen molar-refractivity contribution in [3.8, 4) is 0 Å². The maximum Gasteiger partial charge on any atom is 0.247 e. The highest BCUT2D eigenvalue weighted by atomic mass is 32.3. The van der Waals surface area contributed by atoms with Gasteiger partial charge in [-0.3, -0.25) is 13.7 Å². The van der Waals surface area contributed by atoms with E-state index in [4.69, 9.17) is 0 Å². The van der Waals surface area contributed by atoms with Crippen LogP contribution in [0.3, 0.4) is 0 Å². The Hall–Kier alpha value is -0.700. The molecule has 0 unspecified atom stereocenters. The van der Waals surface area contributed by atoms with Gasteiger partial charge in [0.1, 0.15) is 19.6 Å². The van der Waals surface area contributed by atoms with Gasteiger partial charge in [-0.1, -0.05) is 122 Å². The second-order valence-electron chi connectivity index (χ2n) is 10.6. The Morgan fingerprint density at radius 2 is 1.18 bits per heavy atom. The molecule has 1 aliphatic rings. The second kappa shape index (κ2) is 26.5. The van der Waals surface area contributed by atoms with Gasteiger partial charge < -0.3 is 9.66 Å². The van der Waals surface area contributed by atoms with Crippen LogP contribution in [0.5, 0.6) is 0 Å². The van der Waals surface area contributed by atoms with Crippen molar-refractivity contribution in [2.75, 3.05) is 39.4 Å². The molecule has 1 aliphatic heterocycles. The van der Waals surface area contributed by atoms with Gasteiger partial charge in [0.25, 0.3) is 0 Å². The highest BCUT2D eigenvalue weighted by molar-refractivity contribution is 7.80. The Bertz CT molecular complexity index is 655. The minimum absolute atomic E-state index is 0.0914. The molecule has 1 rings (SSSR count). The fourth-order valence-corrected chi connectivity index (χ4v) is 5.51. The van der Waals surface area contributed by atoms with E-state index in [0.717, 1.165) is 26.2 Å². The summed E-state index contributed by atoms with van der Waals surface area (Å²) in [5.74, 6) is 1.49. The zero-order chi connectivity index (χ0) is 28.3. The average Bonchev–Trinajstić information content (AvgIpc) is 3.26. The van der Waals surface area contributed by atoms with Crippen LogP contribution in [0, 0.1) is 0 Å². The van der Waals surface area contributed by atoms with Crippen molar-refractivity contribution in [1.29, 1.82) is 0 Å². The van der Waals surface area contributed by atoms with Crippen LogP contribution in [0.1, 0.15) is 149 Å². The van der Waals surface area contributed by atoms with Gasteiger partial charge in [0, 0.05) is 6.42 Å². The fraction of sp³-hybridized carbons (Fsp3) is 0.967. The first-order chi connectivity index (χ1) is 18.4. The molecule has 0 aliphatic carbocycles. The molecule has 38 heavy (non-hydrogen) atoms. The zero-order valence-electron chi connectivity index (χ0n) is 25.3. The van der Waals surface area contributed by atoms with Crippen LogP contribution >= 0.6 is 0 Å². The largest absolute Gasteiger partial charge is 0.726 e. The summed E-state index contributed by atoms with van der Waals surface area (Å²) in [6, 6.07) is 0. The number of likely N-dealkylation sites (N-methyl/N-ethyl adjacent to an activating group) is 1. The summed E-state index contributed by atoms with van der Waals surface area (Å²) in [4.78, 5) is 2.50. The summed E-state index contributed by atoms with van der Waals surface area (Å²) >= 11 is 0. The molecule has 0 aromatic carbocycles. The van der Waals surface area contributed by atoms with Gasteiger partial charge in [0.2, 0.25) is 16.2 Å². The van der Waals surface area contributed by atoms with Crippen LogP contribution in [0.4, 0.5) is 0 Å². The number of amidine groups is 1. The Balaban J connectivity index is 0.00000171. The monoisotopic (exact) mass is 562 g/mol. The third kappa shape index (κ3) is 23.2. The molecular formula is C30H62N2O5S. The summed E-state index contributed by atoms with van der Waals surface area (Å²) in [7, 11) is -4.42. The van der Waals surface area contributed by atoms with Crippen LogP contribution in [-0.4, -0.2) is 72.8 Å².